The first kappa shape index (κ1) is 14.2. The average Bonchev–Trinajstić information content (AvgIpc) is 2.92. The Morgan fingerprint density at radius 3 is 2.77 bits per heavy atom. The van der Waals surface area contributed by atoms with Gasteiger partial charge in [0.1, 0.15) is 5.75 Å². The molecule has 112 valence electrons. The number of para-hydroxylation sites is 1. The smallest absolute Gasteiger partial charge is 0.228 e. The van der Waals surface area contributed by atoms with Crippen molar-refractivity contribution in [1.29, 1.82) is 0 Å². The van der Waals surface area contributed by atoms with Gasteiger partial charge in [-0.25, -0.2) is 0 Å². The maximum absolute atomic E-state index is 12.1. The van der Waals surface area contributed by atoms with Crippen LogP contribution in [0.5, 0.6) is 5.75 Å². The van der Waals surface area contributed by atoms with Crippen LogP contribution >= 0.6 is 0 Å². The maximum Gasteiger partial charge on any atom is 0.228 e. The molecule has 0 saturated heterocycles. The van der Waals surface area contributed by atoms with Gasteiger partial charge in [0.25, 0.3) is 0 Å². The van der Waals surface area contributed by atoms with E-state index in [0.29, 0.717) is 5.56 Å². The Hall–Kier alpha value is -2.75. The van der Waals surface area contributed by atoms with Crippen LogP contribution in [0, 0.1) is 0 Å². The van der Waals surface area contributed by atoms with Crippen LogP contribution in [0.2, 0.25) is 0 Å². The minimum atomic E-state index is -0.146. The van der Waals surface area contributed by atoms with E-state index in [1.165, 1.54) is 5.69 Å². The molecular weight excluding hydrogens is 276 g/mol. The standard InChI is InChI=1S/C18H18N2O2/c1-2-14-9-13-10-15(7-8-16(13)19-14)20-18(22)11-12-5-3-4-6-17(12)21/h3-10,19,21H,2,11H2,1H3,(H,20,22). The minimum absolute atomic E-state index is 0.145. The van der Waals surface area contributed by atoms with Crippen LogP contribution in [-0.2, 0) is 17.6 Å². The molecule has 1 aromatic heterocycles. The number of aromatic amines is 1. The summed E-state index contributed by atoms with van der Waals surface area (Å²) in [5, 5.41) is 13.7. The molecule has 0 bridgehead atoms. The number of anilines is 1. The minimum Gasteiger partial charge on any atom is -0.508 e. The van der Waals surface area contributed by atoms with Crippen LogP contribution < -0.4 is 5.32 Å². The summed E-state index contributed by atoms with van der Waals surface area (Å²) in [5.41, 5.74) is 3.62. The first-order chi connectivity index (χ1) is 10.7. The lowest BCUT2D eigenvalue weighted by Crippen LogP contribution is -2.14. The fraction of sp³-hybridized carbons (Fsp3) is 0.167. The molecule has 4 heteroatoms. The second-order valence-electron chi connectivity index (χ2n) is 5.30. The van der Waals surface area contributed by atoms with Gasteiger partial charge in [0.2, 0.25) is 5.91 Å². The maximum atomic E-state index is 12.1. The molecule has 0 saturated carbocycles. The summed E-state index contributed by atoms with van der Waals surface area (Å²) >= 11 is 0. The van der Waals surface area contributed by atoms with Crippen molar-refractivity contribution >= 4 is 22.5 Å². The molecule has 0 spiro atoms. The van der Waals surface area contributed by atoms with E-state index in [2.05, 4.69) is 23.3 Å². The summed E-state index contributed by atoms with van der Waals surface area (Å²) in [5.74, 6) is -0.00146. The average molecular weight is 294 g/mol. The second kappa shape index (κ2) is 5.93. The van der Waals surface area contributed by atoms with Crippen LogP contribution in [0.15, 0.2) is 48.5 Å². The molecule has 1 amide bonds. The third kappa shape index (κ3) is 2.96. The van der Waals surface area contributed by atoms with E-state index >= 15 is 0 Å². The molecule has 0 radical (unpaired) electrons. The number of H-pyrrole nitrogens is 1. The number of benzene rings is 2. The highest BCUT2D eigenvalue weighted by Crippen LogP contribution is 2.21. The third-order valence-corrected chi connectivity index (χ3v) is 3.68. The van der Waals surface area contributed by atoms with Crippen molar-refractivity contribution in [3.05, 3.63) is 59.8 Å². The summed E-state index contributed by atoms with van der Waals surface area (Å²) in [6.07, 6.45) is 1.10. The van der Waals surface area contributed by atoms with Crippen molar-refractivity contribution in [2.75, 3.05) is 5.32 Å². The van der Waals surface area contributed by atoms with Crippen LogP contribution in [0.3, 0.4) is 0 Å². The van der Waals surface area contributed by atoms with E-state index < -0.39 is 0 Å². The Labute approximate surface area is 128 Å². The Balaban J connectivity index is 1.75. The van der Waals surface area contributed by atoms with Crippen LogP contribution in [-0.4, -0.2) is 16.0 Å². The molecule has 3 rings (SSSR count). The Morgan fingerprint density at radius 2 is 2.00 bits per heavy atom. The predicted molar refractivity (Wildman–Crippen MR) is 88.1 cm³/mol. The van der Waals surface area contributed by atoms with E-state index in [1.807, 2.05) is 18.2 Å². The SMILES string of the molecule is CCc1cc2cc(NC(=O)Cc3ccccc3O)ccc2[nH]1. The highest BCUT2D eigenvalue weighted by atomic mass is 16.3. The molecule has 0 unspecified atom stereocenters. The molecular formula is C18H18N2O2. The number of rotatable bonds is 4. The van der Waals surface area contributed by atoms with E-state index in [4.69, 9.17) is 0 Å². The van der Waals surface area contributed by atoms with Crippen LogP contribution in [0.25, 0.3) is 10.9 Å². The van der Waals surface area contributed by atoms with Gasteiger partial charge in [-0.3, -0.25) is 4.79 Å². The van der Waals surface area contributed by atoms with Gasteiger partial charge >= 0.3 is 0 Å². The summed E-state index contributed by atoms with van der Waals surface area (Å²) in [6.45, 7) is 2.10. The number of aromatic nitrogens is 1. The van der Waals surface area contributed by atoms with Crippen molar-refractivity contribution in [3.63, 3.8) is 0 Å². The number of aryl methyl sites for hydroxylation is 1. The number of phenolic OH excluding ortho intramolecular Hbond substituents is 1. The Bertz CT molecular complexity index is 821. The van der Waals surface area contributed by atoms with Crippen molar-refractivity contribution < 1.29 is 9.90 Å². The highest BCUT2D eigenvalue weighted by molar-refractivity contribution is 5.95. The van der Waals surface area contributed by atoms with E-state index in [-0.39, 0.29) is 18.1 Å². The zero-order chi connectivity index (χ0) is 15.5. The molecule has 22 heavy (non-hydrogen) atoms. The van der Waals surface area contributed by atoms with Gasteiger partial charge in [-0.1, -0.05) is 25.1 Å². The van der Waals surface area contributed by atoms with Gasteiger partial charge in [0.05, 0.1) is 6.42 Å². The summed E-state index contributed by atoms with van der Waals surface area (Å²) in [4.78, 5) is 15.4. The van der Waals surface area contributed by atoms with Gasteiger partial charge < -0.3 is 15.4 Å². The number of hydrogen-bond donors (Lipinski definition) is 3. The monoisotopic (exact) mass is 294 g/mol. The fourth-order valence-electron chi connectivity index (χ4n) is 2.50. The number of nitrogens with one attached hydrogen (secondary N) is 2. The molecule has 0 aliphatic heterocycles. The van der Waals surface area contributed by atoms with Crippen molar-refractivity contribution in [2.45, 2.75) is 19.8 Å². The summed E-state index contributed by atoms with van der Waals surface area (Å²) in [7, 11) is 0. The number of amides is 1. The quantitative estimate of drug-likeness (QED) is 0.688. The van der Waals surface area contributed by atoms with Gasteiger partial charge in [0.15, 0.2) is 0 Å². The first-order valence-electron chi connectivity index (χ1n) is 7.34. The lowest BCUT2D eigenvalue weighted by Gasteiger charge is -2.06. The van der Waals surface area contributed by atoms with Crippen molar-refractivity contribution in [2.24, 2.45) is 0 Å². The lowest BCUT2D eigenvalue weighted by atomic mass is 10.1. The Morgan fingerprint density at radius 1 is 1.18 bits per heavy atom. The molecule has 3 aromatic rings. The topological polar surface area (TPSA) is 65.1 Å². The summed E-state index contributed by atoms with van der Waals surface area (Å²) < 4.78 is 0. The van der Waals surface area contributed by atoms with Crippen molar-refractivity contribution in [1.82, 2.24) is 4.98 Å². The molecule has 0 fully saturated rings. The second-order valence-corrected chi connectivity index (χ2v) is 5.30. The molecule has 0 aliphatic rings. The fourth-order valence-corrected chi connectivity index (χ4v) is 2.50. The lowest BCUT2D eigenvalue weighted by molar-refractivity contribution is -0.115. The molecule has 3 N–H and O–H groups in total. The van der Waals surface area contributed by atoms with E-state index in [9.17, 15) is 9.90 Å². The normalized spacial score (nSPS) is 10.8. The van der Waals surface area contributed by atoms with E-state index in [0.717, 1.165) is 23.0 Å². The molecule has 4 nitrogen and oxygen atoms in total. The predicted octanol–water partition coefficient (Wildman–Crippen LogP) is 3.62. The number of phenols is 1. The largest absolute Gasteiger partial charge is 0.508 e. The van der Waals surface area contributed by atoms with Crippen molar-refractivity contribution in [3.8, 4) is 5.75 Å². The third-order valence-electron chi connectivity index (χ3n) is 3.68. The number of hydrogen-bond acceptors (Lipinski definition) is 2. The zero-order valence-corrected chi connectivity index (χ0v) is 12.4. The van der Waals surface area contributed by atoms with Gasteiger partial charge in [-0.05, 0) is 36.8 Å². The van der Waals surface area contributed by atoms with Gasteiger partial charge in [-0.2, -0.15) is 0 Å². The number of carbonyl (C=O) groups is 1. The zero-order valence-electron chi connectivity index (χ0n) is 12.4. The molecule has 0 atom stereocenters. The highest BCUT2D eigenvalue weighted by Gasteiger charge is 2.08. The molecule has 1 heterocycles. The molecule has 0 aliphatic carbocycles. The summed E-state index contributed by atoms with van der Waals surface area (Å²) in [6, 6.07) is 14.8. The molecule has 2 aromatic carbocycles. The number of aromatic hydroxyl groups is 1. The first-order valence-corrected chi connectivity index (χ1v) is 7.34. The van der Waals surface area contributed by atoms with Crippen LogP contribution in [0.1, 0.15) is 18.2 Å². The van der Waals surface area contributed by atoms with Crippen LogP contribution in [0.4, 0.5) is 5.69 Å². The van der Waals surface area contributed by atoms with E-state index in [1.54, 1.807) is 24.3 Å². The van der Waals surface area contributed by atoms with Gasteiger partial charge in [0, 0.05) is 27.8 Å². The van der Waals surface area contributed by atoms with Gasteiger partial charge in [-0.15, -0.1) is 0 Å². The Kier molecular flexibility index (Phi) is 3.83. The number of fused-ring (bicyclic) bond motifs is 1. The number of carbonyl (C=O) groups excluding carboxylic acids is 1.